The number of imidazole rings is 1. The summed E-state index contributed by atoms with van der Waals surface area (Å²) in [5.74, 6) is -1.86. The van der Waals surface area contributed by atoms with Crippen molar-refractivity contribution in [2.24, 2.45) is 13.0 Å². The molecule has 1 aromatic heterocycles. The summed E-state index contributed by atoms with van der Waals surface area (Å²) in [6, 6.07) is 7.02. The first-order valence-corrected chi connectivity index (χ1v) is 7.53. The van der Waals surface area contributed by atoms with Gasteiger partial charge in [-0.15, -0.1) is 0 Å². The van der Waals surface area contributed by atoms with Crippen LogP contribution in [0.4, 0.5) is 0 Å². The van der Waals surface area contributed by atoms with Gasteiger partial charge in [0.2, 0.25) is 5.78 Å². The van der Waals surface area contributed by atoms with Crippen LogP contribution in [0.2, 0.25) is 0 Å². The van der Waals surface area contributed by atoms with Crippen LogP contribution in [0, 0.1) is 17.2 Å². The third kappa shape index (κ3) is 3.66. The quantitative estimate of drug-likeness (QED) is 0.571. The maximum absolute atomic E-state index is 12.4. The number of Topliss-reactive ketones (excluding diaryl/α,β-unsaturated/α-hetero) is 2. The molecule has 0 fully saturated rings. The highest BCUT2D eigenvalue weighted by Gasteiger charge is 2.30. The molecule has 0 N–H and O–H groups in total. The molecule has 7 heteroatoms. The highest BCUT2D eigenvalue weighted by atomic mass is 79.9. The zero-order chi connectivity index (χ0) is 17.0. The summed E-state index contributed by atoms with van der Waals surface area (Å²) in [4.78, 5) is 28.7. The summed E-state index contributed by atoms with van der Waals surface area (Å²) in [6.07, 6.45) is 2.96. The summed E-state index contributed by atoms with van der Waals surface area (Å²) >= 11 is 3.33. The average molecular weight is 376 g/mol. The molecule has 0 spiro atoms. The fourth-order valence-electron chi connectivity index (χ4n) is 2.18. The van der Waals surface area contributed by atoms with Gasteiger partial charge in [0.25, 0.3) is 0 Å². The number of ketones is 2. The third-order valence-electron chi connectivity index (χ3n) is 3.36. The van der Waals surface area contributed by atoms with Crippen molar-refractivity contribution >= 4 is 27.5 Å². The highest BCUT2D eigenvalue weighted by molar-refractivity contribution is 9.10. The molecule has 1 atom stereocenters. The Labute approximate surface area is 141 Å². The Bertz CT molecular complexity index is 792. The van der Waals surface area contributed by atoms with E-state index in [-0.39, 0.29) is 12.2 Å². The second-order valence-electron chi connectivity index (χ2n) is 4.89. The second-order valence-corrected chi connectivity index (χ2v) is 5.80. The molecule has 0 saturated heterocycles. The smallest absolute Gasteiger partial charge is 0.222 e. The van der Waals surface area contributed by atoms with Crippen LogP contribution >= 0.6 is 15.9 Å². The van der Waals surface area contributed by atoms with Crippen LogP contribution in [0.5, 0.6) is 5.75 Å². The summed E-state index contributed by atoms with van der Waals surface area (Å²) in [5, 5.41) is 9.25. The number of ether oxygens (including phenoxy) is 1. The van der Waals surface area contributed by atoms with E-state index in [0.29, 0.717) is 11.3 Å². The van der Waals surface area contributed by atoms with Gasteiger partial charge < -0.3 is 9.30 Å². The third-order valence-corrected chi connectivity index (χ3v) is 3.86. The number of aromatic nitrogens is 2. The van der Waals surface area contributed by atoms with Crippen LogP contribution in [0.15, 0.2) is 35.1 Å². The van der Waals surface area contributed by atoms with Crippen LogP contribution in [-0.2, 0) is 18.3 Å². The van der Waals surface area contributed by atoms with Crippen molar-refractivity contribution in [2.45, 2.75) is 6.42 Å². The first-order valence-electron chi connectivity index (χ1n) is 6.74. The Morgan fingerprint density at radius 1 is 1.48 bits per heavy atom. The number of aryl methyl sites for hydroxylation is 1. The largest absolute Gasteiger partial charge is 0.496 e. The van der Waals surface area contributed by atoms with Crippen molar-refractivity contribution in [3.8, 4) is 11.8 Å². The fourth-order valence-corrected chi connectivity index (χ4v) is 2.59. The second kappa shape index (κ2) is 7.20. The van der Waals surface area contributed by atoms with Crippen molar-refractivity contribution in [1.82, 2.24) is 9.55 Å². The van der Waals surface area contributed by atoms with Gasteiger partial charge in [-0.2, -0.15) is 5.26 Å². The van der Waals surface area contributed by atoms with E-state index >= 15 is 0 Å². The number of hydrogen-bond acceptors (Lipinski definition) is 5. The van der Waals surface area contributed by atoms with Gasteiger partial charge in [0.05, 0.1) is 13.2 Å². The molecule has 0 aliphatic heterocycles. The van der Waals surface area contributed by atoms with E-state index in [9.17, 15) is 14.9 Å². The van der Waals surface area contributed by atoms with E-state index in [4.69, 9.17) is 4.74 Å². The van der Waals surface area contributed by atoms with Crippen molar-refractivity contribution < 1.29 is 14.3 Å². The molecule has 0 saturated carbocycles. The van der Waals surface area contributed by atoms with Gasteiger partial charge >= 0.3 is 0 Å². The molecule has 0 bridgehead atoms. The van der Waals surface area contributed by atoms with Crippen LogP contribution in [0.25, 0.3) is 0 Å². The van der Waals surface area contributed by atoms with E-state index < -0.39 is 17.5 Å². The minimum atomic E-state index is -1.39. The standard InChI is InChI=1S/C16H14BrN3O3/c1-20-6-5-19-16(20)15(22)12(9-18)13(21)8-10-7-11(17)3-4-14(10)23-2/h3-7,12H,8H2,1-2H3. The number of nitrogens with zero attached hydrogens (tertiary/aromatic N) is 3. The Kier molecular flexibility index (Phi) is 5.29. The molecule has 1 heterocycles. The SMILES string of the molecule is COc1ccc(Br)cc1CC(=O)C(C#N)C(=O)c1nccn1C. The average Bonchev–Trinajstić information content (AvgIpc) is 2.94. The molecular weight excluding hydrogens is 362 g/mol. The highest BCUT2D eigenvalue weighted by Crippen LogP contribution is 2.24. The predicted molar refractivity (Wildman–Crippen MR) is 86.0 cm³/mol. The lowest BCUT2D eigenvalue weighted by atomic mass is 9.94. The first-order chi connectivity index (χ1) is 11.0. The molecule has 0 aliphatic rings. The normalized spacial score (nSPS) is 11.6. The fraction of sp³-hybridized carbons (Fsp3) is 0.250. The van der Waals surface area contributed by atoms with Gasteiger partial charge in [-0.05, 0) is 18.2 Å². The van der Waals surface area contributed by atoms with E-state index in [1.165, 1.54) is 17.9 Å². The van der Waals surface area contributed by atoms with Crippen LogP contribution in [0.1, 0.15) is 16.2 Å². The van der Waals surface area contributed by atoms with Crippen LogP contribution in [-0.4, -0.2) is 28.2 Å². The summed E-state index contributed by atoms with van der Waals surface area (Å²) < 4.78 is 7.48. The predicted octanol–water partition coefficient (Wildman–Crippen LogP) is 2.33. The molecule has 118 valence electrons. The number of carbonyl (C=O) groups is 2. The summed E-state index contributed by atoms with van der Waals surface area (Å²) in [7, 11) is 3.13. The lowest BCUT2D eigenvalue weighted by Gasteiger charge is -2.11. The molecule has 0 aliphatic carbocycles. The lowest BCUT2D eigenvalue weighted by Crippen LogP contribution is -2.26. The van der Waals surface area contributed by atoms with E-state index in [1.807, 2.05) is 0 Å². The zero-order valence-electron chi connectivity index (χ0n) is 12.6. The molecular formula is C16H14BrN3O3. The van der Waals surface area contributed by atoms with Gasteiger partial charge in [-0.1, -0.05) is 15.9 Å². The molecule has 1 unspecified atom stereocenters. The molecule has 2 rings (SSSR count). The Morgan fingerprint density at radius 3 is 2.78 bits per heavy atom. The number of hydrogen-bond donors (Lipinski definition) is 0. The van der Waals surface area contributed by atoms with Gasteiger partial charge in [-0.25, -0.2) is 4.98 Å². The maximum atomic E-state index is 12.4. The van der Waals surface area contributed by atoms with Crippen molar-refractivity contribution in [2.75, 3.05) is 7.11 Å². The molecule has 2 aromatic rings. The lowest BCUT2D eigenvalue weighted by molar-refractivity contribution is -0.119. The number of carbonyl (C=O) groups excluding carboxylic acids is 2. The minimum Gasteiger partial charge on any atom is -0.496 e. The van der Waals surface area contributed by atoms with Gasteiger partial charge in [-0.3, -0.25) is 9.59 Å². The van der Waals surface area contributed by atoms with Crippen LogP contribution in [0.3, 0.4) is 0 Å². The van der Waals surface area contributed by atoms with Crippen molar-refractivity contribution in [3.05, 3.63) is 46.5 Å². The van der Waals surface area contributed by atoms with Gasteiger partial charge in [0.1, 0.15) is 5.75 Å². The van der Waals surface area contributed by atoms with E-state index in [1.54, 1.807) is 37.5 Å². The minimum absolute atomic E-state index is 0.0724. The first kappa shape index (κ1) is 16.9. The Morgan fingerprint density at radius 2 is 2.22 bits per heavy atom. The van der Waals surface area contributed by atoms with Gasteiger partial charge in [0.15, 0.2) is 17.5 Å². The number of methoxy groups -OCH3 is 1. The zero-order valence-corrected chi connectivity index (χ0v) is 14.2. The number of halogens is 1. The van der Waals surface area contributed by atoms with Crippen molar-refractivity contribution in [1.29, 1.82) is 5.26 Å². The maximum Gasteiger partial charge on any atom is 0.222 e. The number of benzene rings is 1. The van der Waals surface area contributed by atoms with Crippen molar-refractivity contribution in [3.63, 3.8) is 0 Å². The topological polar surface area (TPSA) is 85.0 Å². The monoisotopic (exact) mass is 375 g/mol. The molecule has 23 heavy (non-hydrogen) atoms. The molecule has 0 radical (unpaired) electrons. The molecule has 0 amide bonds. The summed E-state index contributed by atoms with van der Waals surface area (Å²) in [6.45, 7) is 0. The van der Waals surface area contributed by atoms with E-state index in [0.717, 1.165) is 4.47 Å². The number of nitriles is 1. The van der Waals surface area contributed by atoms with E-state index in [2.05, 4.69) is 20.9 Å². The van der Waals surface area contributed by atoms with Crippen LogP contribution < -0.4 is 4.74 Å². The molecule has 6 nitrogen and oxygen atoms in total. The van der Waals surface area contributed by atoms with Gasteiger partial charge in [0, 0.05) is 35.9 Å². The number of rotatable bonds is 6. The molecule has 1 aromatic carbocycles. The summed E-state index contributed by atoms with van der Waals surface area (Å²) in [5.41, 5.74) is 0.611. The Balaban J connectivity index is 2.25. The Hall–Kier alpha value is -2.46.